The van der Waals surface area contributed by atoms with Crippen molar-refractivity contribution in [1.29, 1.82) is 0 Å². The number of rotatable bonds is 12. The zero-order valence-electron chi connectivity index (χ0n) is 22.3. The molecule has 4 N–H and O–H groups in total. The third-order valence-corrected chi connectivity index (χ3v) is 6.34. The Hall–Kier alpha value is -4.27. The van der Waals surface area contributed by atoms with Crippen LogP contribution in [0.15, 0.2) is 66.7 Å². The second kappa shape index (κ2) is 14.6. The summed E-state index contributed by atoms with van der Waals surface area (Å²) in [6.45, 7) is 4.00. The molecule has 0 bridgehead atoms. The highest BCUT2D eigenvalue weighted by Gasteiger charge is 2.34. The van der Waals surface area contributed by atoms with Crippen LogP contribution in [0.2, 0.25) is 0 Å². The molecule has 206 valence electrons. The number of hydrogen-bond acceptors (Lipinski definition) is 5. The number of Topliss-reactive ketones (excluding diaryl/α,β-unsaturated/α-hetero) is 1. The Morgan fingerprint density at radius 2 is 1.59 bits per heavy atom. The zero-order chi connectivity index (χ0) is 28.2. The summed E-state index contributed by atoms with van der Waals surface area (Å²) in [6, 6.07) is 15.9. The summed E-state index contributed by atoms with van der Waals surface area (Å²) in [7, 11) is 0. The van der Waals surface area contributed by atoms with Gasteiger partial charge in [-0.25, -0.2) is 0 Å². The molecular weight excluding hydrogens is 496 g/mol. The fourth-order valence-corrected chi connectivity index (χ4v) is 4.36. The number of nitrogens with one attached hydrogen (secondary N) is 4. The van der Waals surface area contributed by atoms with E-state index in [-0.39, 0.29) is 24.8 Å². The second-order valence-electron chi connectivity index (χ2n) is 9.91. The van der Waals surface area contributed by atoms with Gasteiger partial charge in [-0.2, -0.15) is 0 Å². The summed E-state index contributed by atoms with van der Waals surface area (Å²) in [5, 5.41) is 10.7. The van der Waals surface area contributed by atoms with Crippen molar-refractivity contribution in [3.05, 3.63) is 77.9 Å². The van der Waals surface area contributed by atoms with Crippen molar-refractivity contribution in [2.24, 2.45) is 5.92 Å². The number of piperidine rings is 1. The molecule has 0 aliphatic carbocycles. The Morgan fingerprint density at radius 3 is 2.23 bits per heavy atom. The molecule has 0 unspecified atom stereocenters. The van der Waals surface area contributed by atoms with Gasteiger partial charge in [-0.1, -0.05) is 60.7 Å². The van der Waals surface area contributed by atoms with Gasteiger partial charge in [-0.3, -0.25) is 24.0 Å². The predicted molar refractivity (Wildman–Crippen MR) is 148 cm³/mol. The van der Waals surface area contributed by atoms with Crippen LogP contribution in [-0.2, 0) is 30.4 Å². The summed E-state index contributed by atoms with van der Waals surface area (Å²) in [4.78, 5) is 64.3. The molecule has 1 saturated heterocycles. The lowest BCUT2D eigenvalue weighted by Crippen LogP contribution is -2.56. The van der Waals surface area contributed by atoms with E-state index in [0.29, 0.717) is 13.0 Å². The molecule has 3 rings (SSSR count). The highest BCUT2D eigenvalue weighted by molar-refractivity contribution is 6.38. The largest absolute Gasteiger partial charge is 0.356 e. The fraction of sp³-hybridized carbons (Fsp3) is 0.367. The maximum absolute atomic E-state index is 13.5. The van der Waals surface area contributed by atoms with Crippen LogP contribution in [0.25, 0.3) is 6.08 Å². The molecule has 4 amide bonds. The van der Waals surface area contributed by atoms with Gasteiger partial charge in [0.25, 0.3) is 5.91 Å². The number of amides is 4. The van der Waals surface area contributed by atoms with Gasteiger partial charge in [0.15, 0.2) is 0 Å². The lowest BCUT2D eigenvalue weighted by Gasteiger charge is -2.27. The normalized spacial score (nSPS) is 16.7. The van der Waals surface area contributed by atoms with Gasteiger partial charge in [-0.05, 0) is 50.3 Å². The van der Waals surface area contributed by atoms with E-state index in [4.69, 9.17) is 0 Å². The Kier molecular flexibility index (Phi) is 11.0. The molecule has 3 atom stereocenters. The summed E-state index contributed by atoms with van der Waals surface area (Å²) >= 11 is 0. The minimum Gasteiger partial charge on any atom is -0.356 e. The first-order chi connectivity index (χ1) is 18.7. The molecule has 0 saturated carbocycles. The molecular formula is C30H36N4O5. The van der Waals surface area contributed by atoms with Gasteiger partial charge in [0.2, 0.25) is 23.5 Å². The fourth-order valence-electron chi connectivity index (χ4n) is 4.36. The number of ketones is 1. The van der Waals surface area contributed by atoms with E-state index >= 15 is 0 Å². The van der Waals surface area contributed by atoms with E-state index in [9.17, 15) is 24.0 Å². The number of carbonyl (C=O) groups excluding carboxylic acids is 5. The van der Waals surface area contributed by atoms with Crippen LogP contribution in [0, 0.1) is 5.92 Å². The quantitative estimate of drug-likeness (QED) is 0.245. The molecule has 1 aliphatic rings. The van der Waals surface area contributed by atoms with Crippen molar-refractivity contribution in [1.82, 2.24) is 21.3 Å². The molecule has 0 radical (unpaired) electrons. The first kappa shape index (κ1) is 29.3. The molecule has 39 heavy (non-hydrogen) atoms. The van der Waals surface area contributed by atoms with Crippen LogP contribution in [-0.4, -0.2) is 54.1 Å². The minimum atomic E-state index is -1.22. The average Bonchev–Trinajstić information content (AvgIpc) is 2.92. The molecule has 1 aliphatic heterocycles. The van der Waals surface area contributed by atoms with Crippen molar-refractivity contribution in [3.8, 4) is 0 Å². The van der Waals surface area contributed by atoms with E-state index in [1.54, 1.807) is 19.9 Å². The van der Waals surface area contributed by atoms with E-state index in [1.165, 1.54) is 6.08 Å². The molecule has 0 spiro atoms. The van der Waals surface area contributed by atoms with Crippen LogP contribution in [0.1, 0.15) is 44.2 Å². The van der Waals surface area contributed by atoms with Crippen molar-refractivity contribution < 1.29 is 24.0 Å². The molecule has 2 aromatic carbocycles. The third kappa shape index (κ3) is 9.52. The van der Waals surface area contributed by atoms with Crippen LogP contribution in [0.4, 0.5) is 0 Å². The molecule has 0 aromatic heterocycles. The van der Waals surface area contributed by atoms with Gasteiger partial charge >= 0.3 is 0 Å². The topological polar surface area (TPSA) is 133 Å². The third-order valence-electron chi connectivity index (χ3n) is 6.34. The SMILES string of the molecule is CC(C)NC(=O)C(=O)[C@H](C[C@@H]1CCCNC1=O)NC(=O)[C@H](Cc1ccccc1)NC(=O)/C=C/c1ccccc1. The standard InChI is InChI=1S/C30H36N4O5/c1-20(2)32-30(39)27(36)24(19-23-14-9-17-31-28(23)37)34-29(38)25(18-22-12-7-4-8-13-22)33-26(35)16-15-21-10-5-3-6-11-21/h3-8,10-13,15-16,20,23-25H,9,14,17-19H2,1-2H3,(H,31,37)(H,32,39)(H,33,35)(H,34,38)/b16-15+/t23-,24-,25-/m0/s1. The first-order valence-electron chi connectivity index (χ1n) is 13.2. The molecule has 1 fully saturated rings. The summed E-state index contributed by atoms with van der Waals surface area (Å²) in [5.41, 5.74) is 1.63. The smallest absolute Gasteiger partial charge is 0.289 e. The minimum absolute atomic E-state index is 0.0121. The maximum atomic E-state index is 13.5. The van der Waals surface area contributed by atoms with Gasteiger partial charge < -0.3 is 21.3 Å². The van der Waals surface area contributed by atoms with E-state index in [0.717, 1.165) is 17.5 Å². The lowest BCUT2D eigenvalue weighted by atomic mass is 9.89. The van der Waals surface area contributed by atoms with Gasteiger partial charge in [0.1, 0.15) is 6.04 Å². The van der Waals surface area contributed by atoms with Crippen LogP contribution in [0.5, 0.6) is 0 Å². The molecule has 2 aromatic rings. The maximum Gasteiger partial charge on any atom is 0.289 e. The Bertz CT molecular complexity index is 1180. The Balaban J connectivity index is 1.80. The van der Waals surface area contributed by atoms with Crippen molar-refractivity contribution in [3.63, 3.8) is 0 Å². The van der Waals surface area contributed by atoms with E-state index < -0.39 is 41.5 Å². The highest BCUT2D eigenvalue weighted by Crippen LogP contribution is 2.18. The van der Waals surface area contributed by atoms with E-state index in [1.807, 2.05) is 60.7 Å². The molecule has 9 heteroatoms. The average molecular weight is 533 g/mol. The van der Waals surface area contributed by atoms with Crippen LogP contribution in [0.3, 0.4) is 0 Å². The second-order valence-corrected chi connectivity index (χ2v) is 9.91. The van der Waals surface area contributed by atoms with Crippen molar-refractivity contribution in [2.45, 2.75) is 57.7 Å². The summed E-state index contributed by atoms with van der Waals surface area (Å²) < 4.78 is 0. The van der Waals surface area contributed by atoms with Crippen LogP contribution < -0.4 is 21.3 Å². The van der Waals surface area contributed by atoms with Gasteiger partial charge in [0.05, 0.1) is 6.04 Å². The van der Waals surface area contributed by atoms with Crippen molar-refractivity contribution >= 4 is 35.5 Å². The zero-order valence-corrected chi connectivity index (χ0v) is 22.3. The number of hydrogen-bond donors (Lipinski definition) is 4. The highest BCUT2D eigenvalue weighted by atomic mass is 16.2. The summed E-state index contributed by atoms with van der Waals surface area (Å²) in [5.74, 6) is -3.49. The predicted octanol–water partition coefficient (Wildman–Crippen LogP) is 1.92. The Labute approximate surface area is 228 Å². The molecule has 1 heterocycles. The first-order valence-corrected chi connectivity index (χ1v) is 13.2. The Morgan fingerprint density at radius 1 is 0.923 bits per heavy atom. The number of carbonyl (C=O) groups is 5. The lowest BCUT2D eigenvalue weighted by molar-refractivity contribution is -0.141. The van der Waals surface area contributed by atoms with Gasteiger partial charge in [0, 0.05) is 31.0 Å². The van der Waals surface area contributed by atoms with Gasteiger partial charge in [-0.15, -0.1) is 0 Å². The monoisotopic (exact) mass is 532 g/mol. The summed E-state index contributed by atoms with van der Waals surface area (Å²) in [6.07, 6.45) is 4.42. The molecule has 9 nitrogen and oxygen atoms in total. The number of benzene rings is 2. The van der Waals surface area contributed by atoms with Crippen molar-refractivity contribution in [2.75, 3.05) is 6.54 Å². The van der Waals surface area contributed by atoms with Crippen LogP contribution >= 0.6 is 0 Å². The van der Waals surface area contributed by atoms with E-state index in [2.05, 4.69) is 21.3 Å².